The number of methoxy groups -OCH3 is 3. The van der Waals surface area contributed by atoms with Crippen LogP contribution in [0.1, 0.15) is 18.6 Å². The number of carbonyl (C=O) groups is 1. The van der Waals surface area contributed by atoms with Gasteiger partial charge >= 0.3 is 0 Å². The smallest absolute Gasteiger partial charge is 0.247 e. The van der Waals surface area contributed by atoms with Gasteiger partial charge in [-0.15, -0.1) is 0 Å². The molecular formula is C26H27N3O7S2. The molecule has 3 heterocycles. The summed E-state index contributed by atoms with van der Waals surface area (Å²) in [5, 5.41) is 0.387. The summed E-state index contributed by atoms with van der Waals surface area (Å²) in [6.45, 7) is 0.323. The SMILES string of the molecule is COc1ccc(S(=O)(=O)N2CCCC2C(=O)N(Cc2ccco2)c2nc3c(OC)ccc(OC)c3s2)cc1. The fourth-order valence-electron chi connectivity index (χ4n) is 4.53. The minimum absolute atomic E-state index is 0.0865. The molecule has 4 aromatic rings. The van der Waals surface area contributed by atoms with E-state index in [1.54, 1.807) is 50.6 Å². The minimum atomic E-state index is -3.93. The number of hydrogen-bond acceptors (Lipinski definition) is 9. The third-order valence-electron chi connectivity index (χ3n) is 6.44. The first kappa shape index (κ1) is 26.0. The Morgan fingerprint density at radius 3 is 2.47 bits per heavy atom. The second-order valence-corrected chi connectivity index (χ2v) is 11.5. The normalized spacial score (nSPS) is 16.0. The van der Waals surface area contributed by atoms with Gasteiger partial charge in [0.1, 0.15) is 39.3 Å². The van der Waals surface area contributed by atoms with Crippen LogP contribution >= 0.6 is 11.3 Å². The Morgan fingerprint density at radius 1 is 1.08 bits per heavy atom. The van der Waals surface area contributed by atoms with Gasteiger partial charge in [0.2, 0.25) is 15.9 Å². The molecule has 38 heavy (non-hydrogen) atoms. The molecule has 200 valence electrons. The summed E-state index contributed by atoms with van der Waals surface area (Å²) in [7, 11) is 0.692. The van der Waals surface area contributed by atoms with Gasteiger partial charge in [-0.1, -0.05) is 11.3 Å². The largest absolute Gasteiger partial charge is 0.497 e. The second kappa shape index (κ2) is 10.6. The molecule has 10 nitrogen and oxygen atoms in total. The molecule has 0 aliphatic carbocycles. The second-order valence-electron chi connectivity index (χ2n) is 8.60. The summed E-state index contributed by atoms with van der Waals surface area (Å²) < 4.78 is 50.8. The van der Waals surface area contributed by atoms with Gasteiger partial charge in [0.25, 0.3) is 0 Å². The third kappa shape index (κ3) is 4.70. The van der Waals surface area contributed by atoms with Gasteiger partial charge in [0, 0.05) is 6.54 Å². The highest BCUT2D eigenvalue weighted by molar-refractivity contribution is 7.89. The molecule has 0 bridgehead atoms. The number of fused-ring (bicyclic) bond motifs is 1. The average molecular weight is 558 g/mol. The predicted octanol–water partition coefficient (Wildman–Crippen LogP) is 4.30. The molecule has 1 unspecified atom stereocenters. The van der Waals surface area contributed by atoms with Gasteiger partial charge < -0.3 is 18.6 Å². The standard InChI is InChI=1S/C26H27N3O7S2/c1-33-17-8-10-19(11-9-17)38(31,32)29-14-4-7-20(29)25(30)28(16-18-6-5-15-36-18)26-27-23-21(34-2)12-13-22(35-3)24(23)37-26/h5-6,8-13,15,20H,4,7,14,16H2,1-3H3. The molecule has 1 fully saturated rings. The summed E-state index contributed by atoms with van der Waals surface area (Å²) in [4.78, 5) is 20.4. The van der Waals surface area contributed by atoms with E-state index in [9.17, 15) is 13.2 Å². The van der Waals surface area contributed by atoms with Gasteiger partial charge in [-0.25, -0.2) is 13.4 Å². The van der Waals surface area contributed by atoms with Crippen molar-refractivity contribution in [1.29, 1.82) is 0 Å². The van der Waals surface area contributed by atoms with Crippen LogP contribution in [0.3, 0.4) is 0 Å². The number of hydrogen-bond donors (Lipinski definition) is 0. The Morgan fingerprint density at radius 2 is 1.82 bits per heavy atom. The zero-order chi connectivity index (χ0) is 26.9. The maximum atomic E-state index is 14.1. The number of carbonyl (C=O) groups excluding carboxylic acids is 1. The molecule has 1 saturated heterocycles. The molecule has 1 amide bonds. The fourth-order valence-corrected chi connectivity index (χ4v) is 7.26. The summed E-state index contributed by atoms with van der Waals surface area (Å²) >= 11 is 1.27. The molecule has 2 aromatic carbocycles. The van der Waals surface area contributed by atoms with E-state index in [1.165, 1.54) is 46.0 Å². The Hall–Kier alpha value is -3.61. The van der Waals surface area contributed by atoms with Crippen molar-refractivity contribution < 1.29 is 31.8 Å². The topological polar surface area (TPSA) is 111 Å². The van der Waals surface area contributed by atoms with Crippen molar-refractivity contribution in [2.24, 2.45) is 0 Å². The molecule has 1 atom stereocenters. The average Bonchev–Trinajstić information content (AvgIpc) is 3.71. The number of sulfonamides is 1. The summed E-state index contributed by atoms with van der Waals surface area (Å²) in [5.74, 6) is 1.84. The Balaban J connectivity index is 1.54. The molecule has 2 aromatic heterocycles. The maximum Gasteiger partial charge on any atom is 0.247 e. The van der Waals surface area contributed by atoms with Crippen LogP contribution in [0.5, 0.6) is 17.2 Å². The van der Waals surface area contributed by atoms with Crippen molar-refractivity contribution in [1.82, 2.24) is 9.29 Å². The van der Waals surface area contributed by atoms with E-state index in [-0.39, 0.29) is 23.9 Å². The van der Waals surface area contributed by atoms with E-state index in [4.69, 9.17) is 23.6 Å². The molecule has 5 rings (SSSR count). The highest BCUT2D eigenvalue weighted by Gasteiger charge is 2.42. The van der Waals surface area contributed by atoms with Gasteiger partial charge in [0.15, 0.2) is 5.13 Å². The number of amides is 1. The number of benzene rings is 2. The Labute approximate surface area is 224 Å². The number of thiazole rings is 1. The van der Waals surface area contributed by atoms with Gasteiger partial charge in [-0.3, -0.25) is 9.69 Å². The molecule has 12 heteroatoms. The molecule has 1 aliphatic rings. The van der Waals surface area contributed by atoms with E-state index >= 15 is 0 Å². The van der Waals surface area contributed by atoms with Crippen LogP contribution in [0.2, 0.25) is 0 Å². The quantitative estimate of drug-likeness (QED) is 0.300. The molecule has 1 aliphatic heterocycles. The van der Waals surface area contributed by atoms with Gasteiger partial charge in [-0.2, -0.15) is 4.31 Å². The zero-order valence-electron chi connectivity index (χ0n) is 21.1. The van der Waals surface area contributed by atoms with E-state index in [0.29, 0.717) is 51.2 Å². The van der Waals surface area contributed by atoms with E-state index in [2.05, 4.69) is 0 Å². The Bertz CT molecular complexity index is 1490. The van der Waals surface area contributed by atoms with Gasteiger partial charge in [-0.05, 0) is 61.4 Å². The number of anilines is 1. The van der Waals surface area contributed by atoms with Crippen LogP contribution in [-0.4, -0.2) is 57.5 Å². The number of ether oxygens (including phenoxy) is 3. The van der Waals surface area contributed by atoms with Gasteiger partial charge in [0.05, 0.1) is 39.0 Å². The van der Waals surface area contributed by atoms with E-state index < -0.39 is 16.1 Å². The highest BCUT2D eigenvalue weighted by Crippen LogP contribution is 2.41. The lowest BCUT2D eigenvalue weighted by atomic mass is 10.2. The molecule has 0 N–H and O–H groups in total. The van der Waals surface area contributed by atoms with E-state index in [0.717, 1.165) is 0 Å². The first-order valence-corrected chi connectivity index (χ1v) is 14.1. The third-order valence-corrected chi connectivity index (χ3v) is 9.46. The van der Waals surface area contributed by atoms with Crippen LogP contribution in [-0.2, 0) is 21.4 Å². The first-order chi connectivity index (χ1) is 18.4. The van der Waals surface area contributed by atoms with Crippen molar-refractivity contribution >= 4 is 42.6 Å². The fraction of sp³-hybridized carbons (Fsp3) is 0.308. The summed E-state index contributed by atoms with van der Waals surface area (Å²) in [5.41, 5.74) is 0.554. The predicted molar refractivity (Wildman–Crippen MR) is 143 cm³/mol. The lowest BCUT2D eigenvalue weighted by Gasteiger charge is -2.28. The van der Waals surface area contributed by atoms with Crippen LogP contribution in [0.25, 0.3) is 10.2 Å². The lowest BCUT2D eigenvalue weighted by molar-refractivity contribution is -0.121. The number of rotatable bonds is 9. The van der Waals surface area contributed by atoms with Crippen molar-refractivity contribution in [3.05, 3.63) is 60.6 Å². The van der Waals surface area contributed by atoms with E-state index in [1.807, 2.05) is 0 Å². The molecule has 0 spiro atoms. The van der Waals surface area contributed by atoms with Crippen molar-refractivity contribution in [2.45, 2.75) is 30.3 Å². The zero-order valence-corrected chi connectivity index (χ0v) is 22.8. The monoisotopic (exact) mass is 557 g/mol. The molecule has 0 radical (unpaired) electrons. The van der Waals surface area contributed by atoms with Crippen molar-refractivity contribution in [3.63, 3.8) is 0 Å². The summed E-state index contributed by atoms with van der Waals surface area (Å²) in [6.07, 6.45) is 2.47. The summed E-state index contributed by atoms with van der Waals surface area (Å²) in [6, 6.07) is 12.3. The van der Waals surface area contributed by atoms with Crippen LogP contribution < -0.4 is 19.1 Å². The van der Waals surface area contributed by atoms with Crippen LogP contribution in [0.15, 0.2) is 64.1 Å². The van der Waals surface area contributed by atoms with Crippen molar-refractivity contribution in [2.75, 3.05) is 32.8 Å². The first-order valence-electron chi connectivity index (χ1n) is 11.9. The number of furan rings is 1. The lowest BCUT2D eigenvalue weighted by Crippen LogP contribution is -2.47. The molecular weight excluding hydrogens is 530 g/mol. The number of nitrogens with zero attached hydrogens (tertiary/aromatic N) is 3. The number of aromatic nitrogens is 1. The Kier molecular flexibility index (Phi) is 7.28. The molecule has 0 saturated carbocycles. The van der Waals surface area contributed by atoms with Crippen molar-refractivity contribution in [3.8, 4) is 17.2 Å². The maximum absolute atomic E-state index is 14.1. The minimum Gasteiger partial charge on any atom is -0.497 e. The highest BCUT2D eigenvalue weighted by atomic mass is 32.2. The van der Waals surface area contributed by atoms with Crippen LogP contribution in [0, 0.1) is 0 Å². The van der Waals surface area contributed by atoms with Crippen LogP contribution in [0.4, 0.5) is 5.13 Å².